The second-order valence-electron chi connectivity index (χ2n) is 5.44. The lowest BCUT2D eigenvalue weighted by atomic mass is 9.81. The Morgan fingerprint density at radius 2 is 2.23 bits per heavy atom. The van der Waals surface area contributed by atoms with Crippen LogP contribution in [0.3, 0.4) is 0 Å². The van der Waals surface area contributed by atoms with Crippen LogP contribution in [0.4, 0.5) is 8.92 Å². The van der Waals surface area contributed by atoms with Crippen LogP contribution in [0.25, 0.3) is 0 Å². The molecular weight excluding hydrogens is 286 g/mol. The lowest BCUT2D eigenvalue weighted by Crippen LogP contribution is -2.26. The zero-order chi connectivity index (χ0) is 16.3. The Morgan fingerprint density at radius 3 is 2.82 bits per heavy atom. The molecule has 22 heavy (non-hydrogen) atoms. The van der Waals surface area contributed by atoms with Gasteiger partial charge in [0.05, 0.1) is 5.71 Å². The third-order valence-corrected chi connectivity index (χ3v) is 4.21. The highest BCUT2D eigenvalue weighted by Gasteiger charge is 2.31. The average molecular weight is 306 g/mol. The fraction of sp³-hybridized carbons (Fsp3) is 0.353. The minimum atomic E-state index is -1.63. The minimum Gasteiger partial charge on any atom is -0.391 e. The summed E-state index contributed by atoms with van der Waals surface area (Å²) in [4.78, 5) is 3.59. The molecule has 2 unspecified atom stereocenters. The van der Waals surface area contributed by atoms with Crippen LogP contribution in [0, 0.1) is 11.3 Å². The van der Waals surface area contributed by atoms with E-state index in [0.717, 1.165) is 24.1 Å². The fourth-order valence-electron chi connectivity index (χ4n) is 2.83. The van der Waals surface area contributed by atoms with Crippen molar-refractivity contribution in [1.82, 2.24) is 5.32 Å². The van der Waals surface area contributed by atoms with E-state index in [1.807, 2.05) is 6.08 Å². The maximum atomic E-state index is 14.4. The SMILES string of the molecule is C=CC1CCC(C(=N)C2=CC=C(OF)C(=C)C2F)=C(NC)C1. The van der Waals surface area contributed by atoms with Crippen LogP contribution in [0.5, 0.6) is 0 Å². The summed E-state index contributed by atoms with van der Waals surface area (Å²) in [5, 5.41) is 11.4. The summed E-state index contributed by atoms with van der Waals surface area (Å²) in [6, 6.07) is 0. The van der Waals surface area contributed by atoms with Crippen molar-refractivity contribution >= 4 is 5.71 Å². The molecule has 0 heterocycles. The number of alkyl halides is 1. The van der Waals surface area contributed by atoms with Gasteiger partial charge in [-0.25, -0.2) is 4.39 Å². The van der Waals surface area contributed by atoms with Crippen LogP contribution in [-0.2, 0) is 4.94 Å². The van der Waals surface area contributed by atoms with E-state index in [1.54, 1.807) is 7.05 Å². The molecule has 0 aromatic rings. The van der Waals surface area contributed by atoms with E-state index in [1.165, 1.54) is 12.2 Å². The Morgan fingerprint density at radius 1 is 1.50 bits per heavy atom. The first-order valence-electron chi connectivity index (χ1n) is 7.18. The molecule has 0 fully saturated rings. The first-order chi connectivity index (χ1) is 10.5. The molecule has 0 amide bonds. The number of hydrogen-bond acceptors (Lipinski definition) is 3. The summed E-state index contributed by atoms with van der Waals surface area (Å²) in [6.07, 6.45) is 5.28. The molecule has 2 aliphatic rings. The second kappa shape index (κ2) is 6.73. The van der Waals surface area contributed by atoms with Gasteiger partial charge in [0.1, 0.15) is 0 Å². The highest BCUT2D eigenvalue weighted by atomic mass is 19.3. The topological polar surface area (TPSA) is 45.1 Å². The van der Waals surface area contributed by atoms with Crippen LogP contribution in [-0.4, -0.2) is 18.9 Å². The smallest absolute Gasteiger partial charge is 0.177 e. The van der Waals surface area contributed by atoms with Gasteiger partial charge in [0.25, 0.3) is 0 Å². The number of allylic oxidation sites excluding steroid dienone is 7. The molecule has 0 radical (unpaired) electrons. The van der Waals surface area contributed by atoms with Gasteiger partial charge in [-0.15, -0.1) is 6.58 Å². The van der Waals surface area contributed by atoms with Gasteiger partial charge in [-0.1, -0.05) is 12.7 Å². The quantitative estimate of drug-likeness (QED) is 0.593. The summed E-state index contributed by atoms with van der Waals surface area (Å²) in [5.41, 5.74) is 1.94. The normalized spacial score (nSPS) is 25.3. The van der Waals surface area contributed by atoms with Crippen LogP contribution in [0.15, 0.2) is 59.6 Å². The van der Waals surface area contributed by atoms with Gasteiger partial charge in [-0.3, -0.25) is 4.94 Å². The third-order valence-electron chi connectivity index (χ3n) is 4.21. The molecule has 0 saturated heterocycles. The van der Waals surface area contributed by atoms with Crippen molar-refractivity contribution in [2.75, 3.05) is 7.05 Å². The van der Waals surface area contributed by atoms with Crippen molar-refractivity contribution in [2.45, 2.75) is 25.4 Å². The lowest BCUT2D eigenvalue weighted by Gasteiger charge is -2.28. The Hall–Kier alpha value is -2.17. The number of hydrogen-bond donors (Lipinski definition) is 2. The molecular formula is C17H20F2N2O. The van der Waals surface area contributed by atoms with E-state index in [4.69, 9.17) is 5.41 Å². The largest absolute Gasteiger partial charge is 0.391 e. The van der Waals surface area contributed by atoms with Crippen molar-refractivity contribution in [1.29, 1.82) is 5.41 Å². The molecule has 2 N–H and O–H groups in total. The maximum absolute atomic E-state index is 14.4. The van der Waals surface area contributed by atoms with Crippen LogP contribution >= 0.6 is 0 Å². The van der Waals surface area contributed by atoms with Gasteiger partial charge in [-0.05, 0) is 42.9 Å². The lowest BCUT2D eigenvalue weighted by molar-refractivity contribution is -0.0801. The monoisotopic (exact) mass is 306 g/mol. The second-order valence-corrected chi connectivity index (χ2v) is 5.44. The third kappa shape index (κ3) is 2.89. The summed E-state index contributed by atoms with van der Waals surface area (Å²) >= 11 is 0. The molecule has 0 aliphatic heterocycles. The Bertz CT molecular complexity index is 602. The molecule has 0 saturated carbocycles. The summed E-state index contributed by atoms with van der Waals surface area (Å²) in [6.45, 7) is 7.31. The highest BCUT2D eigenvalue weighted by molar-refractivity contribution is 6.12. The van der Waals surface area contributed by atoms with E-state index < -0.39 is 6.17 Å². The molecule has 0 aromatic heterocycles. The van der Waals surface area contributed by atoms with Crippen molar-refractivity contribution in [3.63, 3.8) is 0 Å². The van der Waals surface area contributed by atoms with Crippen LogP contribution < -0.4 is 5.32 Å². The number of rotatable bonds is 5. The molecule has 2 aliphatic carbocycles. The molecule has 2 rings (SSSR count). The zero-order valence-electron chi connectivity index (χ0n) is 12.6. The molecule has 2 atom stereocenters. The summed E-state index contributed by atoms with van der Waals surface area (Å²) in [5.74, 6) is 0.129. The van der Waals surface area contributed by atoms with Crippen molar-refractivity contribution in [3.8, 4) is 0 Å². The molecule has 5 heteroatoms. The first kappa shape index (κ1) is 16.2. The summed E-state index contributed by atoms with van der Waals surface area (Å²) in [7, 11) is 1.80. The molecule has 0 aromatic carbocycles. The van der Waals surface area contributed by atoms with E-state index >= 15 is 0 Å². The predicted molar refractivity (Wildman–Crippen MR) is 83.7 cm³/mol. The van der Waals surface area contributed by atoms with Crippen molar-refractivity contribution in [3.05, 3.63) is 59.6 Å². The predicted octanol–water partition coefficient (Wildman–Crippen LogP) is 4.09. The fourth-order valence-corrected chi connectivity index (χ4v) is 2.83. The zero-order valence-corrected chi connectivity index (χ0v) is 12.6. The van der Waals surface area contributed by atoms with E-state index in [9.17, 15) is 8.92 Å². The van der Waals surface area contributed by atoms with Gasteiger partial charge in [0, 0.05) is 28.4 Å². The van der Waals surface area contributed by atoms with Crippen molar-refractivity contribution < 1.29 is 13.9 Å². The van der Waals surface area contributed by atoms with Gasteiger partial charge in [-0.2, -0.15) is 0 Å². The van der Waals surface area contributed by atoms with Crippen LogP contribution in [0.2, 0.25) is 0 Å². The summed E-state index contributed by atoms with van der Waals surface area (Å²) < 4.78 is 26.7. The van der Waals surface area contributed by atoms with E-state index in [2.05, 4.69) is 23.4 Å². The number of halogens is 2. The molecule has 0 spiro atoms. The van der Waals surface area contributed by atoms with E-state index in [-0.39, 0.29) is 22.6 Å². The average Bonchev–Trinajstić information content (AvgIpc) is 2.56. The minimum absolute atomic E-state index is 0.101. The Kier molecular flexibility index (Phi) is 4.96. The van der Waals surface area contributed by atoms with Gasteiger partial charge >= 0.3 is 0 Å². The molecule has 118 valence electrons. The maximum Gasteiger partial charge on any atom is 0.177 e. The standard InChI is InChI=1S/C17H20F2N2O/c1-4-11-5-6-12(14(9-11)21-3)17(20)13-7-8-15(22-19)10(2)16(13)18/h4,7-8,11,16,20-21H,1-2,5-6,9H2,3H3. The van der Waals surface area contributed by atoms with Gasteiger partial charge in [0.2, 0.25) is 0 Å². The highest BCUT2D eigenvalue weighted by Crippen LogP contribution is 2.34. The number of nitrogens with one attached hydrogen (secondary N) is 2. The van der Waals surface area contributed by atoms with Crippen molar-refractivity contribution in [2.24, 2.45) is 5.92 Å². The molecule has 3 nitrogen and oxygen atoms in total. The van der Waals surface area contributed by atoms with Crippen LogP contribution in [0.1, 0.15) is 19.3 Å². The van der Waals surface area contributed by atoms with Gasteiger partial charge < -0.3 is 10.7 Å². The first-order valence-corrected chi connectivity index (χ1v) is 7.18. The Balaban J connectivity index is 2.33. The van der Waals surface area contributed by atoms with Gasteiger partial charge in [0.15, 0.2) is 11.9 Å². The van der Waals surface area contributed by atoms with E-state index in [0.29, 0.717) is 12.3 Å². The Labute approximate surface area is 129 Å². The molecule has 0 bridgehead atoms.